The highest BCUT2D eigenvalue weighted by atomic mass is 19.1. The second-order valence-electron chi connectivity index (χ2n) is 9.19. The first-order chi connectivity index (χ1) is 14.3. The van der Waals surface area contributed by atoms with Gasteiger partial charge < -0.3 is 24.8 Å². The molecule has 5 saturated heterocycles. The molecule has 1 aromatic rings. The summed E-state index contributed by atoms with van der Waals surface area (Å²) in [5, 5.41) is 33.0. The Morgan fingerprint density at radius 2 is 1.97 bits per heavy atom. The van der Waals surface area contributed by atoms with Crippen molar-refractivity contribution in [2.24, 2.45) is 5.92 Å². The van der Waals surface area contributed by atoms with E-state index in [4.69, 9.17) is 9.47 Å². The van der Waals surface area contributed by atoms with Gasteiger partial charge >= 0.3 is 0 Å². The SMILES string of the molecule is CC1C2CCN([C@@H]3O[C@H]([C@H](O)c4ccc(OCF)cc4)[C@@](C)(O)[C@H]3O)C2N2CN1C2. The lowest BCUT2D eigenvalue weighted by Gasteiger charge is -2.59. The van der Waals surface area contributed by atoms with E-state index in [1.54, 1.807) is 24.3 Å². The molecule has 5 heterocycles. The number of aliphatic hydroxyl groups is 3. The van der Waals surface area contributed by atoms with E-state index in [1.165, 1.54) is 6.92 Å². The van der Waals surface area contributed by atoms with Crippen molar-refractivity contribution in [2.75, 3.05) is 26.7 Å². The van der Waals surface area contributed by atoms with Gasteiger partial charge in [-0.25, -0.2) is 4.39 Å². The first-order valence-corrected chi connectivity index (χ1v) is 10.6. The summed E-state index contributed by atoms with van der Waals surface area (Å²) in [6, 6.07) is 6.81. The Kier molecular flexibility index (Phi) is 5.05. The first kappa shape index (κ1) is 20.6. The number of rotatable bonds is 5. The van der Waals surface area contributed by atoms with E-state index in [1.807, 2.05) is 0 Å². The van der Waals surface area contributed by atoms with Crippen molar-refractivity contribution >= 4 is 0 Å². The number of hydrogen-bond acceptors (Lipinski definition) is 8. The highest BCUT2D eigenvalue weighted by molar-refractivity contribution is 5.30. The summed E-state index contributed by atoms with van der Waals surface area (Å²) >= 11 is 0. The Morgan fingerprint density at radius 3 is 2.63 bits per heavy atom. The fourth-order valence-electron chi connectivity index (χ4n) is 5.67. The summed E-state index contributed by atoms with van der Waals surface area (Å²) in [6.07, 6.45) is -2.81. The molecule has 5 aliphatic rings. The van der Waals surface area contributed by atoms with Crippen LogP contribution in [0.3, 0.4) is 0 Å². The van der Waals surface area contributed by atoms with Crippen LogP contribution in [-0.4, -0.2) is 93.0 Å². The normalized spacial score (nSPS) is 46.3. The van der Waals surface area contributed by atoms with Crippen LogP contribution in [0.25, 0.3) is 0 Å². The third-order valence-electron chi connectivity index (χ3n) is 7.53. The molecule has 8 nitrogen and oxygen atoms in total. The molecule has 30 heavy (non-hydrogen) atoms. The maximum atomic E-state index is 12.3. The molecule has 166 valence electrons. The average Bonchev–Trinajstić information content (AvgIpc) is 3.22. The minimum absolute atomic E-state index is 0.175. The first-order valence-electron chi connectivity index (χ1n) is 10.6. The van der Waals surface area contributed by atoms with Crippen LogP contribution in [0.15, 0.2) is 24.3 Å². The van der Waals surface area contributed by atoms with Crippen molar-refractivity contribution in [3.8, 4) is 5.75 Å². The highest BCUT2D eigenvalue weighted by Crippen LogP contribution is 2.46. The van der Waals surface area contributed by atoms with E-state index in [-0.39, 0.29) is 6.17 Å². The van der Waals surface area contributed by atoms with E-state index in [0.717, 1.165) is 26.3 Å². The van der Waals surface area contributed by atoms with Gasteiger partial charge in [0, 0.05) is 18.5 Å². The standard InChI is InChI=1S/C21H30FN3O5/c1-12-15-7-8-25(19(15)24-10-23(12)11-24)20-17(27)21(2,28)18(30-20)16(26)13-3-5-14(6-4-13)29-9-22/h3-6,12,15-20,26-28H,7-11H2,1-2H3/t12?,15?,16-,17+,18-,19?,20-,21+/m1/s1. The zero-order chi connectivity index (χ0) is 21.2. The molecule has 0 saturated carbocycles. The topological polar surface area (TPSA) is 88.9 Å². The molecule has 5 aliphatic heterocycles. The summed E-state index contributed by atoms with van der Waals surface area (Å²) in [4.78, 5) is 6.97. The second-order valence-corrected chi connectivity index (χ2v) is 9.19. The molecule has 0 aromatic heterocycles. The highest BCUT2D eigenvalue weighted by Gasteiger charge is 2.61. The number of halogens is 1. The van der Waals surface area contributed by atoms with Gasteiger partial charge in [0.05, 0.1) is 19.5 Å². The molecule has 1 aromatic carbocycles. The van der Waals surface area contributed by atoms with Gasteiger partial charge in [-0.2, -0.15) is 0 Å². The number of ether oxygens (including phenoxy) is 2. The fourth-order valence-corrected chi connectivity index (χ4v) is 5.67. The monoisotopic (exact) mass is 423 g/mol. The molecule has 2 bridgehead atoms. The van der Waals surface area contributed by atoms with Crippen molar-refractivity contribution in [1.29, 1.82) is 0 Å². The summed E-state index contributed by atoms with van der Waals surface area (Å²) in [5.41, 5.74) is -1.12. The molecule has 6 rings (SSSR count). The van der Waals surface area contributed by atoms with Crippen LogP contribution in [0, 0.1) is 5.92 Å². The zero-order valence-electron chi connectivity index (χ0n) is 17.3. The fraction of sp³-hybridized carbons (Fsp3) is 0.714. The summed E-state index contributed by atoms with van der Waals surface area (Å²) in [6.45, 7) is 5.44. The minimum Gasteiger partial charge on any atom is -0.463 e. The van der Waals surface area contributed by atoms with E-state index >= 15 is 0 Å². The van der Waals surface area contributed by atoms with Crippen molar-refractivity contribution in [2.45, 2.75) is 62.6 Å². The van der Waals surface area contributed by atoms with Gasteiger partial charge in [-0.3, -0.25) is 14.7 Å². The van der Waals surface area contributed by atoms with Crippen LogP contribution in [0.5, 0.6) is 5.75 Å². The number of benzene rings is 1. The van der Waals surface area contributed by atoms with Gasteiger partial charge in [0.1, 0.15) is 35.9 Å². The Bertz CT molecular complexity index is 774. The van der Waals surface area contributed by atoms with Crippen molar-refractivity contribution in [1.82, 2.24) is 14.7 Å². The minimum atomic E-state index is -1.63. The number of likely N-dealkylation sites (tertiary alicyclic amines) is 1. The Hall–Kier alpha value is -1.33. The maximum Gasteiger partial charge on any atom is 0.228 e. The molecule has 0 radical (unpaired) electrons. The summed E-state index contributed by atoms with van der Waals surface area (Å²) in [7, 11) is 0. The largest absolute Gasteiger partial charge is 0.463 e. The molecule has 9 heteroatoms. The van der Waals surface area contributed by atoms with Crippen molar-refractivity contribution < 1.29 is 29.2 Å². The number of alkyl halides is 1. The summed E-state index contributed by atoms with van der Waals surface area (Å²) in [5.74, 6) is 0.823. The van der Waals surface area contributed by atoms with Gasteiger partial charge in [-0.1, -0.05) is 12.1 Å². The third kappa shape index (κ3) is 2.99. The Labute approximate surface area is 175 Å². The average molecular weight is 423 g/mol. The summed E-state index contributed by atoms with van der Waals surface area (Å²) < 4.78 is 23.3. The van der Waals surface area contributed by atoms with Gasteiger partial charge in [-0.05, 0) is 38.0 Å². The molecule has 5 fully saturated rings. The molecule has 3 N–H and O–H groups in total. The lowest BCUT2D eigenvalue weighted by Crippen LogP contribution is -2.73. The molecular weight excluding hydrogens is 393 g/mol. The van der Waals surface area contributed by atoms with Crippen LogP contribution < -0.4 is 4.74 Å². The Balaban J connectivity index is 1.35. The molecule has 8 atom stereocenters. The van der Waals surface area contributed by atoms with E-state index < -0.39 is 37.0 Å². The third-order valence-corrected chi connectivity index (χ3v) is 7.53. The number of nitrogens with zero attached hydrogens (tertiary/aromatic N) is 3. The van der Waals surface area contributed by atoms with Crippen LogP contribution in [0.1, 0.15) is 31.9 Å². The van der Waals surface area contributed by atoms with Crippen LogP contribution in [-0.2, 0) is 4.74 Å². The van der Waals surface area contributed by atoms with Crippen LogP contribution >= 0.6 is 0 Å². The van der Waals surface area contributed by atoms with Gasteiger partial charge in [0.2, 0.25) is 6.86 Å². The molecule has 0 spiro atoms. The van der Waals surface area contributed by atoms with Gasteiger partial charge in [0.15, 0.2) is 0 Å². The molecule has 0 aliphatic carbocycles. The molecule has 3 unspecified atom stereocenters. The predicted octanol–water partition coefficient (Wildman–Crippen LogP) is 0.445. The van der Waals surface area contributed by atoms with E-state index in [0.29, 0.717) is 23.3 Å². The maximum absolute atomic E-state index is 12.3. The van der Waals surface area contributed by atoms with Crippen LogP contribution in [0.4, 0.5) is 4.39 Å². The Morgan fingerprint density at radius 1 is 1.27 bits per heavy atom. The van der Waals surface area contributed by atoms with Gasteiger partial charge in [-0.15, -0.1) is 0 Å². The lowest BCUT2D eigenvalue weighted by molar-refractivity contribution is -0.220. The molecular formula is C21H30FN3O5. The quantitative estimate of drug-likeness (QED) is 0.629. The second kappa shape index (κ2) is 7.37. The number of aliphatic hydroxyl groups excluding tert-OH is 2. The van der Waals surface area contributed by atoms with Crippen molar-refractivity contribution in [3.05, 3.63) is 29.8 Å². The smallest absolute Gasteiger partial charge is 0.228 e. The van der Waals surface area contributed by atoms with Crippen molar-refractivity contribution in [3.63, 3.8) is 0 Å². The van der Waals surface area contributed by atoms with E-state index in [9.17, 15) is 19.7 Å². The van der Waals surface area contributed by atoms with E-state index in [2.05, 4.69) is 21.6 Å². The lowest BCUT2D eigenvalue weighted by atomic mass is 9.88. The van der Waals surface area contributed by atoms with Crippen LogP contribution in [0.2, 0.25) is 0 Å². The number of hydrogen-bond donors (Lipinski definition) is 3. The predicted molar refractivity (Wildman–Crippen MR) is 105 cm³/mol. The van der Waals surface area contributed by atoms with Gasteiger partial charge in [0.25, 0.3) is 0 Å². The zero-order valence-corrected chi connectivity index (χ0v) is 17.3. The molecule has 0 amide bonds.